The number of hydrogen-bond acceptors (Lipinski definition) is 8. The lowest BCUT2D eigenvalue weighted by Gasteiger charge is -2.27. The molecule has 1 aliphatic heterocycles. The second-order valence-electron chi connectivity index (χ2n) is 9.99. The van der Waals surface area contributed by atoms with Crippen LogP contribution in [0.4, 0.5) is 21.6 Å². The third kappa shape index (κ3) is 5.56. The Kier molecular flexibility index (Phi) is 6.96. The monoisotopic (exact) mass is 537 g/mol. The first-order valence-electron chi connectivity index (χ1n) is 13.0. The van der Waals surface area contributed by atoms with E-state index in [0.717, 1.165) is 51.9 Å². The molecule has 40 heavy (non-hydrogen) atoms. The maximum absolute atomic E-state index is 13.6. The van der Waals surface area contributed by atoms with Crippen molar-refractivity contribution in [1.82, 2.24) is 25.6 Å². The second-order valence-corrected chi connectivity index (χ2v) is 9.99. The topological polar surface area (TPSA) is 101 Å². The number of ether oxygens (including phenoxy) is 2. The van der Waals surface area contributed by atoms with Gasteiger partial charge in [-0.05, 0) is 52.2 Å². The van der Waals surface area contributed by atoms with Gasteiger partial charge in [-0.15, -0.1) is 5.10 Å². The minimum Gasteiger partial charge on any atom is -0.454 e. The Labute approximate surface area is 231 Å². The minimum absolute atomic E-state index is 0.211. The van der Waals surface area contributed by atoms with Crippen molar-refractivity contribution in [2.45, 2.75) is 20.4 Å². The summed E-state index contributed by atoms with van der Waals surface area (Å²) in [6, 6.07) is 24.2. The number of halogens is 1. The van der Waals surface area contributed by atoms with E-state index < -0.39 is 0 Å². The number of fused-ring (bicyclic) bond motifs is 1. The van der Waals surface area contributed by atoms with Crippen LogP contribution in [-0.4, -0.2) is 38.9 Å². The summed E-state index contributed by atoms with van der Waals surface area (Å²) in [5.41, 5.74) is 5.16. The average molecular weight is 538 g/mol. The maximum atomic E-state index is 13.6. The van der Waals surface area contributed by atoms with E-state index in [2.05, 4.69) is 44.7 Å². The first kappa shape index (κ1) is 25.3. The molecule has 202 valence electrons. The van der Waals surface area contributed by atoms with Crippen LogP contribution in [-0.2, 0) is 6.54 Å². The van der Waals surface area contributed by atoms with Gasteiger partial charge in [0, 0.05) is 47.7 Å². The summed E-state index contributed by atoms with van der Waals surface area (Å²) in [5, 5.41) is 18.0. The summed E-state index contributed by atoms with van der Waals surface area (Å²) < 4.78 is 24.7. The van der Waals surface area contributed by atoms with Crippen LogP contribution in [0.2, 0.25) is 0 Å². The quantitative estimate of drug-likeness (QED) is 0.229. The number of nitrogens with one attached hydrogen (secondary N) is 2. The fraction of sp³-hybridized carbons (Fsp3) is 0.200. The zero-order valence-corrected chi connectivity index (χ0v) is 22.1. The molecule has 0 saturated carbocycles. The Hall–Kier alpha value is -4.99. The Bertz CT molecular complexity index is 1610. The zero-order valence-electron chi connectivity index (χ0n) is 22.1. The number of pyridine rings is 1. The second kappa shape index (κ2) is 11.0. The molecule has 5 aromatic rings. The molecule has 0 aliphatic carbocycles. The number of aromatic nitrogens is 5. The van der Waals surface area contributed by atoms with Gasteiger partial charge in [0.25, 0.3) is 0 Å². The minimum atomic E-state index is -0.256. The van der Waals surface area contributed by atoms with Gasteiger partial charge in [-0.25, -0.2) is 14.5 Å². The Morgan fingerprint density at radius 3 is 2.50 bits per heavy atom. The molecule has 2 N–H and O–H groups in total. The molecule has 0 radical (unpaired) electrons. The number of benzene rings is 3. The first-order valence-corrected chi connectivity index (χ1v) is 13.0. The van der Waals surface area contributed by atoms with Crippen molar-refractivity contribution >= 4 is 17.2 Å². The van der Waals surface area contributed by atoms with Crippen LogP contribution < -0.4 is 19.7 Å². The lowest BCUT2D eigenvalue weighted by atomic mass is 10.0. The van der Waals surface area contributed by atoms with Crippen molar-refractivity contribution in [3.63, 3.8) is 0 Å². The van der Waals surface area contributed by atoms with Gasteiger partial charge in [-0.3, -0.25) is 0 Å². The molecule has 0 bridgehead atoms. The highest BCUT2D eigenvalue weighted by Crippen LogP contribution is 2.37. The fourth-order valence-electron chi connectivity index (χ4n) is 4.71. The highest BCUT2D eigenvalue weighted by molar-refractivity contribution is 5.81. The van der Waals surface area contributed by atoms with Gasteiger partial charge in [-0.1, -0.05) is 50.2 Å². The summed E-state index contributed by atoms with van der Waals surface area (Å²) in [6.45, 7) is 5.87. The number of aromatic amines is 1. The van der Waals surface area contributed by atoms with E-state index in [1.807, 2.05) is 66.7 Å². The number of hydrogen-bond donors (Lipinski definition) is 2. The molecule has 3 aromatic carbocycles. The van der Waals surface area contributed by atoms with Crippen LogP contribution in [0, 0.1) is 11.7 Å². The zero-order chi connectivity index (χ0) is 27.5. The van der Waals surface area contributed by atoms with Gasteiger partial charge in [0.15, 0.2) is 17.3 Å². The maximum Gasteiger partial charge on any atom is 0.231 e. The third-order valence-corrected chi connectivity index (χ3v) is 6.47. The van der Waals surface area contributed by atoms with Crippen molar-refractivity contribution in [3.05, 3.63) is 90.2 Å². The van der Waals surface area contributed by atoms with Gasteiger partial charge in [0.05, 0.1) is 5.69 Å². The van der Waals surface area contributed by atoms with E-state index in [1.165, 1.54) is 12.1 Å². The Morgan fingerprint density at radius 1 is 0.925 bits per heavy atom. The molecular formula is C30H28FN7O2. The highest BCUT2D eigenvalue weighted by atomic mass is 19.1. The molecule has 0 amide bonds. The number of anilines is 3. The average Bonchev–Trinajstić information content (AvgIpc) is 3.66. The van der Waals surface area contributed by atoms with Crippen molar-refractivity contribution in [3.8, 4) is 34.1 Å². The van der Waals surface area contributed by atoms with Crippen molar-refractivity contribution in [2.24, 2.45) is 5.92 Å². The summed E-state index contributed by atoms with van der Waals surface area (Å²) in [5.74, 6) is 2.86. The normalized spacial score (nSPS) is 12.1. The molecule has 0 saturated heterocycles. The summed E-state index contributed by atoms with van der Waals surface area (Å²) >= 11 is 0. The van der Waals surface area contributed by atoms with E-state index >= 15 is 0 Å². The van der Waals surface area contributed by atoms with Gasteiger partial charge in [0.2, 0.25) is 6.79 Å². The van der Waals surface area contributed by atoms with Crippen molar-refractivity contribution < 1.29 is 13.9 Å². The highest BCUT2D eigenvalue weighted by Gasteiger charge is 2.18. The number of nitrogens with zero attached hydrogens (tertiary/aromatic N) is 5. The number of H-pyrrole nitrogens is 1. The van der Waals surface area contributed by atoms with Crippen LogP contribution in [0.15, 0.2) is 78.9 Å². The largest absolute Gasteiger partial charge is 0.454 e. The molecule has 0 spiro atoms. The standard InChI is InChI=1S/C30H28FN7O2/c1-19(2)16-38(17-20-7-9-21(31)10-8-20)29-15-23(32-22-11-12-27-28(14-22)40-18-39-27)13-26(33-29)24-5-3-4-6-25(24)30-34-36-37-35-30/h3-15,19H,16-18H2,1-2H3,(H,32,33)(H,34,35,36,37). The lowest BCUT2D eigenvalue weighted by molar-refractivity contribution is 0.174. The molecule has 3 heterocycles. The molecule has 0 fully saturated rings. The van der Waals surface area contributed by atoms with E-state index in [1.54, 1.807) is 0 Å². The predicted octanol–water partition coefficient (Wildman–Crippen LogP) is 6.20. The van der Waals surface area contributed by atoms with Gasteiger partial charge in [0.1, 0.15) is 11.6 Å². The predicted molar refractivity (Wildman–Crippen MR) is 151 cm³/mol. The molecule has 1 aliphatic rings. The van der Waals surface area contributed by atoms with Gasteiger partial charge < -0.3 is 19.7 Å². The molecule has 0 atom stereocenters. The van der Waals surface area contributed by atoms with Crippen LogP contribution in [0.5, 0.6) is 11.5 Å². The van der Waals surface area contributed by atoms with Gasteiger partial charge in [-0.2, -0.15) is 0 Å². The molecule has 10 heteroatoms. The van der Waals surface area contributed by atoms with Gasteiger partial charge >= 0.3 is 0 Å². The fourth-order valence-corrected chi connectivity index (χ4v) is 4.71. The molecule has 2 aromatic heterocycles. The number of tetrazole rings is 1. The SMILES string of the molecule is CC(C)CN(Cc1ccc(F)cc1)c1cc(Nc2ccc3c(c2)OCO3)cc(-c2ccccc2-c2nnn[nH]2)n1. The summed E-state index contributed by atoms with van der Waals surface area (Å²) in [4.78, 5) is 7.34. The van der Waals surface area contributed by atoms with E-state index in [0.29, 0.717) is 24.0 Å². The van der Waals surface area contributed by atoms with Crippen LogP contribution >= 0.6 is 0 Å². The first-order chi connectivity index (χ1) is 19.5. The molecule has 6 rings (SSSR count). The van der Waals surface area contributed by atoms with Crippen molar-refractivity contribution in [2.75, 3.05) is 23.6 Å². The summed E-state index contributed by atoms with van der Waals surface area (Å²) in [6.07, 6.45) is 0. The molecule has 9 nitrogen and oxygen atoms in total. The number of rotatable bonds is 9. The lowest BCUT2D eigenvalue weighted by Crippen LogP contribution is -2.28. The van der Waals surface area contributed by atoms with Crippen LogP contribution in [0.1, 0.15) is 19.4 Å². The Balaban J connectivity index is 1.44. The van der Waals surface area contributed by atoms with Crippen LogP contribution in [0.25, 0.3) is 22.6 Å². The van der Waals surface area contributed by atoms with Crippen LogP contribution in [0.3, 0.4) is 0 Å². The summed E-state index contributed by atoms with van der Waals surface area (Å²) in [7, 11) is 0. The molecule has 0 unspecified atom stereocenters. The molecular weight excluding hydrogens is 509 g/mol. The van der Waals surface area contributed by atoms with E-state index in [9.17, 15) is 4.39 Å². The third-order valence-electron chi connectivity index (χ3n) is 6.47. The Morgan fingerprint density at radius 2 is 1.73 bits per heavy atom. The smallest absolute Gasteiger partial charge is 0.231 e. The van der Waals surface area contributed by atoms with Crippen molar-refractivity contribution in [1.29, 1.82) is 0 Å². The van der Waals surface area contributed by atoms with E-state index in [-0.39, 0.29) is 12.6 Å². The van der Waals surface area contributed by atoms with E-state index in [4.69, 9.17) is 14.5 Å².